The molecular formula is C7H10O4. The lowest BCUT2D eigenvalue weighted by Crippen LogP contribution is -2.53. The van der Waals surface area contributed by atoms with Gasteiger partial charge in [0.2, 0.25) is 0 Å². The van der Waals surface area contributed by atoms with Crippen LogP contribution in [0.15, 0.2) is 12.2 Å². The first-order valence-corrected chi connectivity index (χ1v) is 3.27. The van der Waals surface area contributed by atoms with Crippen molar-refractivity contribution in [3.8, 4) is 0 Å². The molecule has 0 aromatic heterocycles. The van der Waals surface area contributed by atoms with E-state index in [0.29, 0.717) is 0 Å². The summed E-state index contributed by atoms with van der Waals surface area (Å²) in [5.41, 5.74) is -1.85. The smallest absolute Gasteiger partial charge is 0.189 e. The Balaban J connectivity index is 2.97. The molecule has 1 aliphatic carbocycles. The lowest BCUT2D eigenvalue weighted by atomic mass is 9.85. The number of carbonyl (C=O) groups is 1. The summed E-state index contributed by atoms with van der Waals surface area (Å²) in [6, 6.07) is 0. The van der Waals surface area contributed by atoms with E-state index >= 15 is 0 Å². The van der Waals surface area contributed by atoms with Gasteiger partial charge in [-0.1, -0.05) is 0 Å². The molecule has 0 saturated carbocycles. The number of carbonyl (C=O) groups excluding carboxylic acids is 1. The van der Waals surface area contributed by atoms with E-state index in [9.17, 15) is 9.90 Å². The van der Waals surface area contributed by atoms with Crippen molar-refractivity contribution in [3.63, 3.8) is 0 Å². The molecule has 0 aliphatic heterocycles. The molecule has 0 fully saturated rings. The van der Waals surface area contributed by atoms with Crippen LogP contribution in [-0.2, 0) is 4.79 Å². The molecule has 3 atom stereocenters. The van der Waals surface area contributed by atoms with Gasteiger partial charge in [-0.15, -0.1) is 0 Å². The van der Waals surface area contributed by atoms with Crippen LogP contribution in [0.1, 0.15) is 6.92 Å². The molecule has 3 N–H and O–H groups in total. The first kappa shape index (κ1) is 8.39. The van der Waals surface area contributed by atoms with Crippen LogP contribution >= 0.6 is 0 Å². The van der Waals surface area contributed by atoms with Crippen molar-refractivity contribution >= 4 is 5.78 Å². The van der Waals surface area contributed by atoms with E-state index in [2.05, 4.69) is 0 Å². The molecule has 4 nitrogen and oxygen atoms in total. The molecule has 0 radical (unpaired) electrons. The van der Waals surface area contributed by atoms with Gasteiger partial charge in [-0.2, -0.15) is 0 Å². The maximum atomic E-state index is 10.9. The van der Waals surface area contributed by atoms with Crippen LogP contribution in [0.25, 0.3) is 0 Å². The molecule has 1 rings (SSSR count). The zero-order valence-corrected chi connectivity index (χ0v) is 6.06. The Bertz CT molecular complexity index is 206. The fourth-order valence-corrected chi connectivity index (χ4v) is 0.938. The monoisotopic (exact) mass is 158 g/mol. The van der Waals surface area contributed by atoms with Crippen molar-refractivity contribution in [2.75, 3.05) is 0 Å². The molecule has 0 aromatic rings. The summed E-state index contributed by atoms with van der Waals surface area (Å²) in [6.45, 7) is 1.17. The van der Waals surface area contributed by atoms with Crippen LogP contribution < -0.4 is 0 Å². The predicted molar refractivity (Wildman–Crippen MR) is 36.8 cm³/mol. The minimum atomic E-state index is -1.85. The molecule has 0 aromatic carbocycles. The number of rotatable bonds is 0. The van der Waals surface area contributed by atoms with Crippen LogP contribution in [0.3, 0.4) is 0 Å². The van der Waals surface area contributed by atoms with E-state index in [0.717, 1.165) is 12.2 Å². The lowest BCUT2D eigenvalue weighted by Gasteiger charge is -2.31. The van der Waals surface area contributed by atoms with Crippen molar-refractivity contribution in [2.24, 2.45) is 0 Å². The van der Waals surface area contributed by atoms with Gasteiger partial charge in [0.25, 0.3) is 0 Å². The van der Waals surface area contributed by atoms with Gasteiger partial charge >= 0.3 is 0 Å². The van der Waals surface area contributed by atoms with Gasteiger partial charge in [-0.3, -0.25) is 4.79 Å². The zero-order valence-electron chi connectivity index (χ0n) is 6.06. The summed E-state index contributed by atoms with van der Waals surface area (Å²) in [5, 5.41) is 27.4. The third-order valence-corrected chi connectivity index (χ3v) is 1.84. The van der Waals surface area contributed by atoms with Crippen LogP contribution in [0.5, 0.6) is 0 Å². The fraction of sp³-hybridized carbons (Fsp3) is 0.571. The van der Waals surface area contributed by atoms with Crippen molar-refractivity contribution in [2.45, 2.75) is 24.7 Å². The van der Waals surface area contributed by atoms with Crippen molar-refractivity contribution in [1.82, 2.24) is 0 Å². The first-order chi connectivity index (χ1) is 4.96. The van der Waals surface area contributed by atoms with E-state index in [1.807, 2.05) is 0 Å². The summed E-state index contributed by atoms with van der Waals surface area (Å²) in [6.07, 6.45) is -0.370. The molecule has 0 spiro atoms. The molecule has 0 saturated heterocycles. The SMILES string of the molecule is CC1(O)C(=O)C=CC(O)C1O. The summed E-state index contributed by atoms with van der Waals surface area (Å²) >= 11 is 0. The molecule has 0 heterocycles. The van der Waals surface area contributed by atoms with Gasteiger partial charge in [0.15, 0.2) is 11.4 Å². The Hall–Kier alpha value is -0.710. The molecule has 4 heteroatoms. The molecular weight excluding hydrogens is 148 g/mol. The van der Waals surface area contributed by atoms with E-state index < -0.39 is 23.6 Å². The second-order valence-corrected chi connectivity index (χ2v) is 2.81. The Morgan fingerprint density at radius 3 is 2.55 bits per heavy atom. The van der Waals surface area contributed by atoms with E-state index in [1.54, 1.807) is 0 Å². The fourth-order valence-electron chi connectivity index (χ4n) is 0.938. The Morgan fingerprint density at radius 1 is 1.55 bits per heavy atom. The molecule has 62 valence electrons. The average Bonchev–Trinajstić information content (AvgIpc) is 1.95. The number of ketones is 1. The van der Waals surface area contributed by atoms with Crippen molar-refractivity contribution in [1.29, 1.82) is 0 Å². The van der Waals surface area contributed by atoms with Gasteiger partial charge in [-0.25, -0.2) is 0 Å². The third kappa shape index (κ3) is 1.20. The Morgan fingerprint density at radius 2 is 2.09 bits per heavy atom. The van der Waals surface area contributed by atoms with Crippen LogP contribution in [0.4, 0.5) is 0 Å². The van der Waals surface area contributed by atoms with E-state index in [1.165, 1.54) is 6.92 Å². The highest BCUT2D eigenvalue weighted by molar-refractivity contribution is 5.98. The van der Waals surface area contributed by atoms with Gasteiger partial charge in [0.1, 0.15) is 12.2 Å². The second-order valence-electron chi connectivity index (χ2n) is 2.81. The first-order valence-electron chi connectivity index (χ1n) is 3.27. The molecule has 3 unspecified atom stereocenters. The normalized spacial score (nSPS) is 44.5. The minimum Gasteiger partial charge on any atom is -0.387 e. The van der Waals surface area contributed by atoms with E-state index in [4.69, 9.17) is 10.2 Å². The third-order valence-electron chi connectivity index (χ3n) is 1.84. The van der Waals surface area contributed by atoms with Crippen LogP contribution in [-0.4, -0.2) is 38.9 Å². The number of aliphatic hydroxyl groups excluding tert-OH is 2. The van der Waals surface area contributed by atoms with Crippen LogP contribution in [0.2, 0.25) is 0 Å². The van der Waals surface area contributed by atoms with Gasteiger partial charge in [0, 0.05) is 0 Å². The largest absolute Gasteiger partial charge is 0.387 e. The second kappa shape index (κ2) is 2.41. The molecule has 1 aliphatic rings. The van der Waals surface area contributed by atoms with Crippen molar-refractivity contribution in [3.05, 3.63) is 12.2 Å². The predicted octanol–water partition coefficient (Wildman–Crippen LogP) is -1.40. The topological polar surface area (TPSA) is 77.8 Å². The standard InChI is InChI=1S/C7H10O4/c1-7(11)5(9)3-2-4(8)6(7)10/h2-4,6,8,10-11H,1H3. The summed E-state index contributed by atoms with van der Waals surface area (Å²) in [5.74, 6) is -0.588. The van der Waals surface area contributed by atoms with E-state index in [-0.39, 0.29) is 0 Å². The Kier molecular flexibility index (Phi) is 1.83. The minimum absolute atomic E-state index is 0.588. The molecule has 11 heavy (non-hydrogen) atoms. The number of hydrogen-bond donors (Lipinski definition) is 3. The molecule has 0 amide bonds. The highest BCUT2D eigenvalue weighted by Crippen LogP contribution is 2.20. The molecule has 0 bridgehead atoms. The maximum absolute atomic E-state index is 10.9. The van der Waals surface area contributed by atoms with Gasteiger partial charge in [-0.05, 0) is 19.1 Å². The van der Waals surface area contributed by atoms with Gasteiger partial charge in [0.05, 0.1) is 0 Å². The van der Waals surface area contributed by atoms with Crippen molar-refractivity contribution < 1.29 is 20.1 Å². The maximum Gasteiger partial charge on any atom is 0.189 e. The highest BCUT2D eigenvalue weighted by Gasteiger charge is 2.42. The number of aliphatic hydroxyl groups is 3. The average molecular weight is 158 g/mol. The summed E-state index contributed by atoms with van der Waals surface area (Å²) in [7, 11) is 0. The zero-order chi connectivity index (χ0) is 8.65. The van der Waals surface area contributed by atoms with Crippen LogP contribution in [0, 0.1) is 0 Å². The number of hydrogen-bond acceptors (Lipinski definition) is 4. The van der Waals surface area contributed by atoms with Gasteiger partial charge < -0.3 is 15.3 Å². The quantitative estimate of drug-likeness (QED) is 0.405. The Labute approximate surface area is 63.8 Å². The summed E-state index contributed by atoms with van der Waals surface area (Å²) < 4.78 is 0. The lowest BCUT2D eigenvalue weighted by molar-refractivity contribution is -0.152. The highest BCUT2D eigenvalue weighted by atomic mass is 16.4. The summed E-state index contributed by atoms with van der Waals surface area (Å²) in [4.78, 5) is 10.9.